The van der Waals surface area contributed by atoms with Crippen LogP contribution in [0.15, 0.2) is 42.5 Å². The van der Waals surface area contributed by atoms with Crippen LogP contribution in [0.25, 0.3) is 0 Å². The Labute approximate surface area is 193 Å². The van der Waals surface area contributed by atoms with Crippen molar-refractivity contribution in [2.24, 2.45) is 0 Å². The first kappa shape index (κ1) is 23.8. The van der Waals surface area contributed by atoms with Crippen LogP contribution in [0.5, 0.6) is 5.75 Å². The number of aliphatic hydroxyl groups is 1. The Kier molecular flexibility index (Phi) is 6.67. The van der Waals surface area contributed by atoms with E-state index >= 15 is 0 Å². The number of amides is 2. The van der Waals surface area contributed by atoms with E-state index in [0.29, 0.717) is 17.9 Å². The summed E-state index contributed by atoms with van der Waals surface area (Å²) >= 11 is 0. The number of hydrogen-bond acceptors (Lipinski definition) is 6. The molecule has 0 aromatic heterocycles. The molecule has 4 rings (SSSR count). The number of methoxy groups -OCH3 is 1. The fraction of sp³-hybridized carbons (Fsp3) is 0.391. The van der Waals surface area contributed by atoms with Gasteiger partial charge in [-0.05, 0) is 48.9 Å². The van der Waals surface area contributed by atoms with E-state index in [1.807, 2.05) is 0 Å². The van der Waals surface area contributed by atoms with Gasteiger partial charge in [-0.2, -0.15) is 13.2 Å². The zero-order chi connectivity index (χ0) is 24.5. The van der Waals surface area contributed by atoms with E-state index in [1.165, 1.54) is 19.2 Å². The number of esters is 1. The summed E-state index contributed by atoms with van der Waals surface area (Å²) in [6.45, 7) is -0.284. The number of aliphatic hydroxyl groups excluding tert-OH is 1. The molecule has 2 heterocycles. The molecule has 0 unspecified atom stereocenters. The zero-order valence-corrected chi connectivity index (χ0v) is 18.1. The van der Waals surface area contributed by atoms with E-state index in [9.17, 15) is 27.9 Å². The molecule has 4 atom stereocenters. The summed E-state index contributed by atoms with van der Waals surface area (Å²) in [5.74, 6) is -0.00520. The number of carbonyl (C=O) groups is 2. The van der Waals surface area contributed by atoms with Crippen LogP contribution >= 0.6 is 0 Å². The molecule has 0 spiro atoms. The predicted octanol–water partition coefficient (Wildman–Crippen LogP) is 3.91. The Bertz CT molecular complexity index is 1060. The van der Waals surface area contributed by atoms with Crippen molar-refractivity contribution in [2.75, 3.05) is 24.4 Å². The quantitative estimate of drug-likeness (QED) is 0.561. The third kappa shape index (κ3) is 5.10. The standard InChI is InChI=1S/C23H23F3N2O6/c1-32-20(30)10-15-9-17-16-8-14(6-7-18(16)34-21(17)19(11-29)33-15)28-22(31)27-13-4-2-12(3-5-13)23(24,25)26/h2-8,15,17,19,21,29H,9-11H2,1H3,(H2,27,28,31)/t15-,17-,19-,21+/m0/s1. The molecule has 0 aliphatic carbocycles. The SMILES string of the molecule is COC(=O)C[C@@H]1C[C@H]2c3cc(NC(=O)Nc4ccc(C(F)(F)F)cc4)ccc3O[C@H]2[C@H](CO)O1. The van der Waals surface area contributed by atoms with Crippen molar-refractivity contribution in [3.63, 3.8) is 0 Å². The smallest absolute Gasteiger partial charge is 0.416 e. The zero-order valence-electron chi connectivity index (χ0n) is 18.1. The predicted molar refractivity (Wildman–Crippen MR) is 115 cm³/mol. The number of nitrogens with one attached hydrogen (secondary N) is 2. The van der Waals surface area contributed by atoms with Crippen LogP contribution in [0, 0.1) is 0 Å². The lowest BCUT2D eigenvalue weighted by Crippen LogP contribution is -2.46. The van der Waals surface area contributed by atoms with Gasteiger partial charge >= 0.3 is 18.2 Å². The fourth-order valence-corrected chi connectivity index (χ4v) is 4.27. The van der Waals surface area contributed by atoms with Crippen LogP contribution < -0.4 is 15.4 Å². The van der Waals surface area contributed by atoms with Crippen molar-refractivity contribution in [1.82, 2.24) is 0 Å². The molecule has 3 N–H and O–H groups in total. The van der Waals surface area contributed by atoms with Gasteiger partial charge in [0.05, 0.1) is 31.8 Å². The monoisotopic (exact) mass is 480 g/mol. The van der Waals surface area contributed by atoms with E-state index < -0.39 is 42.1 Å². The van der Waals surface area contributed by atoms with E-state index in [2.05, 4.69) is 10.6 Å². The van der Waals surface area contributed by atoms with Crippen molar-refractivity contribution < 1.29 is 42.1 Å². The molecule has 2 aliphatic rings. The van der Waals surface area contributed by atoms with E-state index in [1.54, 1.807) is 18.2 Å². The minimum Gasteiger partial charge on any atom is -0.487 e. The van der Waals surface area contributed by atoms with Gasteiger partial charge in [-0.1, -0.05) is 0 Å². The van der Waals surface area contributed by atoms with Gasteiger partial charge in [0.25, 0.3) is 0 Å². The molecule has 0 bridgehead atoms. The second kappa shape index (κ2) is 9.51. The van der Waals surface area contributed by atoms with Gasteiger partial charge in [0.15, 0.2) is 0 Å². The number of rotatable bonds is 5. The Morgan fingerprint density at radius 3 is 2.44 bits per heavy atom. The summed E-state index contributed by atoms with van der Waals surface area (Å²) in [4.78, 5) is 24.1. The van der Waals surface area contributed by atoms with Gasteiger partial charge in [-0.15, -0.1) is 0 Å². The highest BCUT2D eigenvalue weighted by Gasteiger charge is 2.46. The second-order valence-electron chi connectivity index (χ2n) is 8.09. The lowest BCUT2D eigenvalue weighted by molar-refractivity contribution is -0.156. The molecule has 8 nitrogen and oxygen atoms in total. The van der Waals surface area contributed by atoms with Crippen molar-refractivity contribution in [3.8, 4) is 5.75 Å². The molecular formula is C23H23F3N2O6. The number of fused-ring (bicyclic) bond motifs is 3. The first-order valence-corrected chi connectivity index (χ1v) is 10.6. The van der Waals surface area contributed by atoms with E-state index in [0.717, 1.165) is 17.7 Å². The Morgan fingerprint density at radius 1 is 1.12 bits per heavy atom. The van der Waals surface area contributed by atoms with Crippen LogP contribution in [0.1, 0.15) is 29.9 Å². The van der Waals surface area contributed by atoms with Gasteiger partial charge in [0, 0.05) is 22.9 Å². The summed E-state index contributed by atoms with van der Waals surface area (Å²) in [6, 6.07) is 8.53. The Morgan fingerprint density at radius 2 is 1.79 bits per heavy atom. The van der Waals surface area contributed by atoms with Gasteiger partial charge in [-0.25, -0.2) is 4.79 Å². The summed E-state index contributed by atoms with van der Waals surface area (Å²) in [6.07, 6.45) is -5.48. The van der Waals surface area contributed by atoms with Gasteiger partial charge < -0.3 is 30.0 Å². The third-order valence-corrected chi connectivity index (χ3v) is 5.85. The van der Waals surface area contributed by atoms with Gasteiger partial charge in [0.1, 0.15) is 18.0 Å². The number of alkyl halides is 3. The van der Waals surface area contributed by atoms with Crippen LogP contribution in [0.4, 0.5) is 29.3 Å². The van der Waals surface area contributed by atoms with E-state index in [4.69, 9.17) is 14.2 Å². The lowest BCUT2D eigenvalue weighted by atomic mass is 9.84. The van der Waals surface area contributed by atoms with Crippen molar-refractivity contribution in [2.45, 2.75) is 43.2 Å². The highest BCUT2D eigenvalue weighted by molar-refractivity contribution is 5.99. The molecule has 1 fully saturated rings. The first-order chi connectivity index (χ1) is 16.2. The van der Waals surface area contributed by atoms with Crippen LogP contribution in [-0.4, -0.2) is 49.1 Å². The molecule has 2 aliphatic heterocycles. The molecule has 2 amide bonds. The van der Waals surface area contributed by atoms with Crippen LogP contribution in [0.2, 0.25) is 0 Å². The maximum absolute atomic E-state index is 12.7. The first-order valence-electron chi connectivity index (χ1n) is 10.6. The molecule has 2 aromatic rings. The number of ether oxygens (including phenoxy) is 3. The number of benzene rings is 2. The fourth-order valence-electron chi connectivity index (χ4n) is 4.27. The highest BCUT2D eigenvalue weighted by Crippen LogP contribution is 2.47. The topological polar surface area (TPSA) is 106 Å². The Balaban J connectivity index is 1.45. The maximum Gasteiger partial charge on any atom is 0.416 e. The molecule has 2 aromatic carbocycles. The molecule has 0 radical (unpaired) electrons. The van der Waals surface area contributed by atoms with Crippen molar-refractivity contribution in [1.29, 1.82) is 0 Å². The summed E-state index contributed by atoms with van der Waals surface area (Å²) in [7, 11) is 1.29. The minimum absolute atomic E-state index is 0.0407. The van der Waals surface area contributed by atoms with Gasteiger partial charge in [0.2, 0.25) is 0 Å². The number of anilines is 2. The molecule has 0 saturated carbocycles. The molecule has 11 heteroatoms. The number of halogens is 3. The molecule has 182 valence electrons. The number of hydrogen-bond donors (Lipinski definition) is 3. The largest absolute Gasteiger partial charge is 0.487 e. The van der Waals surface area contributed by atoms with Crippen molar-refractivity contribution >= 4 is 23.4 Å². The minimum atomic E-state index is -4.46. The van der Waals surface area contributed by atoms with E-state index in [-0.39, 0.29) is 24.6 Å². The molecule has 34 heavy (non-hydrogen) atoms. The van der Waals surface area contributed by atoms with Crippen LogP contribution in [-0.2, 0) is 20.4 Å². The highest BCUT2D eigenvalue weighted by atomic mass is 19.4. The molecule has 1 saturated heterocycles. The Hall–Kier alpha value is -3.31. The number of urea groups is 1. The molecular weight excluding hydrogens is 457 g/mol. The third-order valence-electron chi connectivity index (χ3n) is 5.85. The average molecular weight is 480 g/mol. The summed E-state index contributed by atoms with van der Waals surface area (Å²) in [5, 5.41) is 14.9. The normalized spacial score (nSPS) is 23.3. The average Bonchev–Trinajstić information content (AvgIpc) is 3.16. The van der Waals surface area contributed by atoms with Crippen LogP contribution in [0.3, 0.4) is 0 Å². The lowest BCUT2D eigenvalue weighted by Gasteiger charge is -2.36. The number of carbonyl (C=O) groups excluding carboxylic acids is 2. The van der Waals surface area contributed by atoms with Crippen molar-refractivity contribution in [3.05, 3.63) is 53.6 Å². The maximum atomic E-state index is 12.7. The summed E-state index contributed by atoms with van der Waals surface area (Å²) < 4.78 is 54.6. The van der Waals surface area contributed by atoms with Gasteiger partial charge in [-0.3, -0.25) is 4.79 Å². The summed E-state index contributed by atoms with van der Waals surface area (Å²) in [5.41, 5.74) is 0.642. The second-order valence-corrected chi connectivity index (χ2v) is 8.09.